The molecule has 0 unspecified atom stereocenters. The summed E-state index contributed by atoms with van der Waals surface area (Å²) in [6, 6.07) is 12.8. The normalized spacial score (nSPS) is 12.5. The predicted octanol–water partition coefficient (Wildman–Crippen LogP) is 2.73. The second kappa shape index (κ2) is 13.3. The van der Waals surface area contributed by atoms with Crippen LogP contribution in [0.2, 0.25) is 0 Å². The van der Waals surface area contributed by atoms with Crippen LogP contribution in [0.15, 0.2) is 48.5 Å². The van der Waals surface area contributed by atoms with Gasteiger partial charge in [-0.3, -0.25) is 24.3 Å². The van der Waals surface area contributed by atoms with Gasteiger partial charge in [0.1, 0.15) is 17.1 Å². The average Bonchev–Trinajstić information content (AvgIpc) is 2.83. The molecular formula is C25H32NO10P. The van der Waals surface area contributed by atoms with Gasteiger partial charge in [-0.2, -0.15) is 0 Å². The maximum atomic E-state index is 12.6. The number of ether oxygens (including phenoxy) is 3. The third kappa shape index (κ3) is 8.13. The van der Waals surface area contributed by atoms with Crippen LogP contribution in [0.3, 0.4) is 0 Å². The van der Waals surface area contributed by atoms with Crippen LogP contribution in [-0.4, -0.2) is 64.4 Å². The van der Waals surface area contributed by atoms with Crippen molar-refractivity contribution in [3.8, 4) is 16.9 Å². The first kappa shape index (κ1) is 30.0. The van der Waals surface area contributed by atoms with Gasteiger partial charge in [-0.15, -0.1) is 0 Å². The fourth-order valence-electron chi connectivity index (χ4n) is 3.84. The Morgan fingerprint density at radius 1 is 0.973 bits per heavy atom. The van der Waals surface area contributed by atoms with E-state index in [4.69, 9.17) is 14.2 Å². The lowest BCUT2D eigenvalue weighted by Gasteiger charge is -2.36. The van der Waals surface area contributed by atoms with Gasteiger partial charge in [0.25, 0.3) is 0 Å². The number of carboxylic acids is 1. The molecule has 12 heteroatoms. The summed E-state index contributed by atoms with van der Waals surface area (Å²) in [7, 11) is -3.86. The number of carbonyl (C=O) groups excluding carboxylic acids is 2. The van der Waals surface area contributed by atoms with E-state index in [0.717, 1.165) is 11.1 Å². The van der Waals surface area contributed by atoms with Gasteiger partial charge in [0.15, 0.2) is 0 Å². The summed E-state index contributed by atoms with van der Waals surface area (Å²) in [5, 5.41) is 9.76. The van der Waals surface area contributed by atoms with Crippen molar-refractivity contribution in [3.05, 3.63) is 54.1 Å². The van der Waals surface area contributed by atoms with Gasteiger partial charge in [-0.25, -0.2) is 0 Å². The molecule has 0 saturated carbocycles. The van der Waals surface area contributed by atoms with E-state index in [9.17, 15) is 33.8 Å². The molecule has 2 aromatic rings. The number of aliphatic carboxylic acids is 1. The van der Waals surface area contributed by atoms with Crippen LogP contribution in [0.25, 0.3) is 11.1 Å². The molecule has 4 N–H and O–H groups in total. The Kier molecular flexibility index (Phi) is 10.8. The van der Waals surface area contributed by atoms with Crippen LogP contribution in [0.4, 0.5) is 0 Å². The van der Waals surface area contributed by atoms with Crippen LogP contribution in [0.1, 0.15) is 32.3 Å². The van der Waals surface area contributed by atoms with Crippen LogP contribution < -0.4 is 10.1 Å². The smallest absolute Gasteiger partial charge is 0.346 e. The minimum atomic E-state index is -5.32. The Balaban J connectivity index is 2.46. The molecule has 0 aliphatic carbocycles. The minimum absolute atomic E-state index is 0.0780. The molecule has 0 heterocycles. The van der Waals surface area contributed by atoms with E-state index in [-0.39, 0.29) is 19.6 Å². The summed E-state index contributed by atoms with van der Waals surface area (Å²) in [4.78, 5) is 57.2. The Morgan fingerprint density at radius 3 is 2.00 bits per heavy atom. The first-order chi connectivity index (χ1) is 17.5. The summed E-state index contributed by atoms with van der Waals surface area (Å²) in [6.45, 7) is 2.85. The number of carboxylic acid groups (broad SMARTS) is 1. The van der Waals surface area contributed by atoms with Crippen molar-refractivity contribution < 1.29 is 48.1 Å². The number of methoxy groups -OCH3 is 1. The number of hydrogen-bond acceptors (Lipinski definition) is 8. The van der Waals surface area contributed by atoms with Crippen molar-refractivity contribution in [2.45, 2.75) is 44.4 Å². The first-order valence-electron chi connectivity index (χ1n) is 11.6. The van der Waals surface area contributed by atoms with Crippen molar-refractivity contribution in [2.24, 2.45) is 0 Å². The van der Waals surface area contributed by atoms with E-state index in [1.807, 2.05) is 30.3 Å². The number of carbonyl (C=O) groups is 3. The molecule has 202 valence electrons. The lowest BCUT2D eigenvalue weighted by atomic mass is 9.98. The number of benzene rings is 2. The van der Waals surface area contributed by atoms with Gasteiger partial charge in [0.05, 0.1) is 33.2 Å². The summed E-state index contributed by atoms with van der Waals surface area (Å²) >= 11 is 0. The average molecular weight is 538 g/mol. The first-order valence-corrected chi connectivity index (χ1v) is 13.2. The van der Waals surface area contributed by atoms with Crippen molar-refractivity contribution in [1.29, 1.82) is 0 Å². The maximum absolute atomic E-state index is 12.6. The number of esters is 2. The molecule has 0 aliphatic heterocycles. The van der Waals surface area contributed by atoms with Gasteiger partial charge in [0.2, 0.25) is 0 Å². The lowest BCUT2D eigenvalue weighted by Crippen LogP contribution is -2.56. The molecule has 0 bridgehead atoms. The van der Waals surface area contributed by atoms with Gasteiger partial charge in [0, 0.05) is 5.56 Å². The molecular weight excluding hydrogens is 505 g/mol. The van der Waals surface area contributed by atoms with Gasteiger partial charge in [-0.1, -0.05) is 42.5 Å². The van der Waals surface area contributed by atoms with Gasteiger partial charge in [-0.05, 0) is 37.5 Å². The summed E-state index contributed by atoms with van der Waals surface area (Å²) < 4.78 is 27.8. The molecule has 0 fully saturated rings. The number of nitrogens with one attached hydrogen (secondary N) is 1. The van der Waals surface area contributed by atoms with Crippen LogP contribution in [0, 0.1) is 0 Å². The van der Waals surface area contributed by atoms with Crippen molar-refractivity contribution in [2.75, 3.05) is 20.3 Å². The second-order valence-electron chi connectivity index (χ2n) is 8.18. The monoisotopic (exact) mass is 537 g/mol. The highest BCUT2D eigenvalue weighted by Crippen LogP contribution is 2.53. The quantitative estimate of drug-likeness (QED) is 0.206. The molecule has 0 aromatic heterocycles. The largest absolute Gasteiger partial charge is 0.496 e. The van der Waals surface area contributed by atoms with Crippen LogP contribution >= 0.6 is 7.60 Å². The standard InChI is InChI=1S/C25H32NO10P/c1-4-35-22(27)15-25(37(31,32)33,16-23(28)36-5-2)26-20(24(29)30)13-17-11-12-19(21(14-17)34-3)18-9-7-6-8-10-18/h6-12,14,20,26H,4-5,13,15-16H2,1-3H3,(H,29,30)(H2,31,32,33)/t20-/m0/s1. The summed E-state index contributed by atoms with van der Waals surface area (Å²) in [5.74, 6) is -3.01. The summed E-state index contributed by atoms with van der Waals surface area (Å²) in [6.07, 6.45) is -2.15. The third-order valence-electron chi connectivity index (χ3n) is 5.57. The van der Waals surface area contributed by atoms with E-state index >= 15 is 0 Å². The Hall–Kier alpha value is -3.24. The zero-order valence-electron chi connectivity index (χ0n) is 20.9. The third-order valence-corrected chi connectivity index (χ3v) is 7.13. The van der Waals surface area contributed by atoms with Crippen LogP contribution in [-0.2, 0) is 34.8 Å². The molecule has 2 rings (SSSR count). The molecule has 0 radical (unpaired) electrons. The highest BCUT2D eigenvalue weighted by atomic mass is 31.2. The van der Waals surface area contributed by atoms with E-state index in [1.54, 1.807) is 18.2 Å². The zero-order valence-corrected chi connectivity index (χ0v) is 21.8. The predicted molar refractivity (Wildman–Crippen MR) is 134 cm³/mol. The highest BCUT2D eigenvalue weighted by molar-refractivity contribution is 7.53. The van der Waals surface area contributed by atoms with Gasteiger partial charge < -0.3 is 29.1 Å². The minimum Gasteiger partial charge on any atom is -0.496 e. The van der Waals surface area contributed by atoms with Crippen molar-refractivity contribution >= 4 is 25.5 Å². The Labute approximate surface area is 214 Å². The molecule has 1 atom stereocenters. The van der Waals surface area contributed by atoms with Crippen molar-refractivity contribution in [3.63, 3.8) is 0 Å². The maximum Gasteiger partial charge on any atom is 0.346 e. The fraction of sp³-hybridized carbons (Fsp3) is 0.400. The zero-order chi connectivity index (χ0) is 27.6. The molecule has 0 spiro atoms. The molecule has 0 saturated heterocycles. The fourth-order valence-corrected chi connectivity index (χ4v) is 4.83. The highest BCUT2D eigenvalue weighted by Gasteiger charge is 2.52. The second-order valence-corrected chi connectivity index (χ2v) is 10.1. The molecule has 2 aromatic carbocycles. The molecule has 0 amide bonds. The SMILES string of the molecule is CCOC(=O)CC(CC(=O)OCC)(N[C@@H](Cc1ccc(-c2ccccc2)c(OC)c1)C(=O)O)P(=O)(O)O. The lowest BCUT2D eigenvalue weighted by molar-refractivity contribution is -0.149. The van der Waals surface area contributed by atoms with Gasteiger partial charge >= 0.3 is 25.5 Å². The number of rotatable bonds is 14. The Morgan fingerprint density at radius 2 is 1.54 bits per heavy atom. The molecule has 37 heavy (non-hydrogen) atoms. The van der Waals surface area contributed by atoms with E-state index in [0.29, 0.717) is 11.3 Å². The Bertz CT molecular complexity index is 1110. The van der Waals surface area contributed by atoms with E-state index in [1.165, 1.54) is 21.0 Å². The van der Waals surface area contributed by atoms with Crippen LogP contribution in [0.5, 0.6) is 5.75 Å². The summed E-state index contributed by atoms with van der Waals surface area (Å²) in [5.41, 5.74) is 2.12. The number of hydrogen-bond donors (Lipinski definition) is 4. The van der Waals surface area contributed by atoms with E-state index < -0.39 is 49.7 Å². The molecule has 0 aliphatic rings. The molecule has 11 nitrogen and oxygen atoms in total. The topological polar surface area (TPSA) is 169 Å². The van der Waals surface area contributed by atoms with E-state index in [2.05, 4.69) is 5.32 Å². The van der Waals surface area contributed by atoms with Crippen molar-refractivity contribution in [1.82, 2.24) is 5.32 Å².